The number of aryl methyl sites for hydroxylation is 1. The fraction of sp³-hybridized carbons (Fsp3) is 0.333. The molecule has 0 aromatic carbocycles. The highest BCUT2D eigenvalue weighted by atomic mass is 16.4. The summed E-state index contributed by atoms with van der Waals surface area (Å²) in [7, 11) is 0. The number of fused-ring (bicyclic) bond motifs is 1. The zero-order valence-electron chi connectivity index (χ0n) is 12.4. The molecule has 0 saturated heterocycles. The Bertz CT molecular complexity index is 782. The molecule has 7 nitrogen and oxygen atoms in total. The van der Waals surface area contributed by atoms with Crippen LogP contribution in [0, 0.1) is 6.92 Å². The van der Waals surface area contributed by atoms with Crippen molar-refractivity contribution in [2.75, 3.05) is 13.1 Å². The van der Waals surface area contributed by atoms with Gasteiger partial charge in [-0.25, -0.2) is 4.98 Å². The lowest BCUT2D eigenvalue weighted by Crippen LogP contribution is -2.37. The summed E-state index contributed by atoms with van der Waals surface area (Å²) in [5, 5.41) is 8.72. The molecule has 0 spiro atoms. The van der Waals surface area contributed by atoms with Crippen molar-refractivity contribution in [1.29, 1.82) is 0 Å². The van der Waals surface area contributed by atoms with Gasteiger partial charge in [-0.2, -0.15) is 0 Å². The smallest absolute Gasteiger partial charge is 0.305 e. The van der Waals surface area contributed by atoms with E-state index >= 15 is 0 Å². The second kappa shape index (κ2) is 6.38. The Hall–Kier alpha value is -2.70. The summed E-state index contributed by atoms with van der Waals surface area (Å²) in [5.41, 5.74) is 0.912. The van der Waals surface area contributed by atoms with Crippen LogP contribution >= 0.6 is 0 Å². The number of carboxylic acids is 1. The molecule has 0 aliphatic heterocycles. The van der Waals surface area contributed by atoms with Gasteiger partial charge in [0.2, 0.25) is 0 Å². The van der Waals surface area contributed by atoms with Crippen LogP contribution in [0.4, 0.5) is 0 Å². The molecular formula is C15H17N3O4. The predicted molar refractivity (Wildman–Crippen MR) is 80.0 cm³/mol. The average Bonchev–Trinajstić information content (AvgIpc) is 2.47. The van der Waals surface area contributed by atoms with Gasteiger partial charge in [0, 0.05) is 25.5 Å². The van der Waals surface area contributed by atoms with E-state index in [0.717, 1.165) is 5.56 Å². The molecule has 2 heterocycles. The lowest BCUT2D eigenvalue weighted by Gasteiger charge is -2.19. The number of nitrogens with zero attached hydrogens (tertiary/aromatic N) is 3. The van der Waals surface area contributed by atoms with Gasteiger partial charge >= 0.3 is 5.97 Å². The van der Waals surface area contributed by atoms with Crippen LogP contribution in [-0.2, 0) is 4.79 Å². The molecule has 116 valence electrons. The van der Waals surface area contributed by atoms with Crippen molar-refractivity contribution >= 4 is 17.5 Å². The maximum Gasteiger partial charge on any atom is 0.305 e. The second-order valence-electron chi connectivity index (χ2n) is 4.94. The van der Waals surface area contributed by atoms with E-state index in [1.165, 1.54) is 15.5 Å². The quantitative estimate of drug-likeness (QED) is 0.887. The van der Waals surface area contributed by atoms with Gasteiger partial charge in [0.1, 0.15) is 11.2 Å². The van der Waals surface area contributed by atoms with Crippen LogP contribution in [-0.4, -0.2) is 44.4 Å². The molecule has 0 saturated carbocycles. The number of aliphatic carboxylic acids is 1. The Kier molecular flexibility index (Phi) is 4.55. The highest BCUT2D eigenvalue weighted by Gasteiger charge is 2.19. The molecule has 1 amide bonds. The fourth-order valence-electron chi connectivity index (χ4n) is 2.13. The van der Waals surface area contributed by atoms with Crippen molar-refractivity contribution in [2.24, 2.45) is 0 Å². The summed E-state index contributed by atoms with van der Waals surface area (Å²) in [4.78, 5) is 40.9. The van der Waals surface area contributed by atoms with Gasteiger partial charge in [0.05, 0.1) is 6.42 Å². The highest BCUT2D eigenvalue weighted by Crippen LogP contribution is 2.05. The van der Waals surface area contributed by atoms with Crippen LogP contribution in [0.2, 0.25) is 0 Å². The number of carboxylic acid groups (broad SMARTS) is 1. The third kappa shape index (κ3) is 3.13. The first-order valence-corrected chi connectivity index (χ1v) is 6.93. The first-order valence-electron chi connectivity index (χ1n) is 6.93. The molecule has 7 heteroatoms. The van der Waals surface area contributed by atoms with Gasteiger partial charge in [-0.1, -0.05) is 0 Å². The van der Waals surface area contributed by atoms with Gasteiger partial charge in [-0.05, 0) is 31.5 Å². The molecule has 2 aromatic rings. The van der Waals surface area contributed by atoms with E-state index in [9.17, 15) is 14.4 Å². The van der Waals surface area contributed by atoms with Crippen molar-refractivity contribution in [1.82, 2.24) is 14.3 Å². The molecule has 22 heavy (non-hydrogen) atoms. The summed E-state index contributed by atoms with van der Waals surface area (Å²) in [6.07, 6.45) is 2.66. The van der Waals surface area contributed by atoms with Gasteiger partial charge in [-0.15, -0.1) is 0 Å². The SMILES string of the molecule is CCN(CCC(=O)O)C(=O)c1cnc2cc(C)ccn2c1=O. The fourth-order valence-corrected chi connectivity index (χ4v) is 2.13. The van der Waals surface area contributed by atoms with Gasteiger partial charge < -0.3 is 10.0 Å². The van der Waals surface area contributed by atoms with E-state index in [2.05, 4.69) is 4.98 Å². The minimum Gasteiger partial charge on any atom is -0.481 e. The molecule has 0 atom stereocenters. The zero-order chi connectivity index (χ0) is 16.3. The largest absolute Gasteiger partial charge is 0.481 e. The first-order chi connectivity index (χ1) is 10.4. The predicted octanol–water partition coefficient (Wildman–Crippen LogP) is 0.940. The van der Waals surface area contributed by atoms with Crippen molar-refractivity contribution in [3.63, 3.8) is 0 Å². The van der Waals surface area contributed by atoms with Crippen LogP contribution < -0.4 is 5.56 Å². The topological polar surface area (TPSA) is 92.0 Å². The molecule has 0 aliphatic carbocycles. The minimum absolute atomic E-state index is 0.0563. The van der Waals surface area contributed by atoms with E-state index in [-0.39, 0.29) is 18.5 Å². The molecule has 2 rings (SSSR count). The number of rotatable bonds is 5. The van der Waals surface area contributed by atoms with E-state index in [4.69, 9.17) is 5.11 Å². The number of carbonyl (C=O) groups is 2. The molecule has 2 aromatic heterocycles. The number of hydrogen-bond donors (Lipinski definition) is 1. The summed E-state index contributed by atoms with van der Waals surface area (Å²) in [5.74, 6) is -1.49. The zero-order valence-corrected chi connectivity index (χ0v) is 12.4. The maximum atomic E-state index is 12.4. The van der Waals surface area contributed by atoms with Gasteiger partial charge in [-0.3, -0.25) is 18.8 Å². The van der Waals surface area contributed by atoms with Crippen molar-refractivity contribution in [3.8, 4) is 0 Å². The Morgan fingerprint density at radius 2 is 2.14 bits per heavy atom. The third-order valence-corrected chi connectivity index (χ3v) is 3.36. The monoisotopic (exact) mass is 303 g/mol. The van der Waals surface area contributed by atoms with Crippen LogP contribution in [0.25, 0.3) is 5.65 Å². The summed E-state index contributed by atoms with van der Waals surface area (Å²) >= 11 is 0. The highest BCUT2D eigenvalue weighted by molar-refractivity contribution is 5.94. The average molecular weight is 303 g/mol. The molecule has 0 aliphatic rings. The minimum atomic E-state index is -0.991. The second-order valence-corrected chi connectivity index (χ2v) is 4.94. The Morgan fingerprint density at radius 3 is 2.77 bits per heavy atom. The summed E-state index contributed by atoms with van der Waals surface area (Å²) < 4.78 is 1.31. The molecule has 0 unspecified atom stereocenters. The normalized spacial score (nSPS) is 10.6. The molecule has 0 bridgehead atoms. The number of carbonyl (C=O) groups excluding carboxylic acids is 1. The lowest BCUT2D eigenvalue weighted by atomic mass is 10.2. The summed E-state index contributed by atoms with van der Waals surface area (Å²) in [6.45, 7) is 3.99. The standard InChI is InChI=1S/C15H17N3O4/c1-3-17(6-5-13(19)20)14(21)11-9-16-12-8-10(2)4-7-18(12)15(11)22/h4,7-9H,3,5-6H2,1-2H3,(H,19,20). The Morgan fingerprint density at radius 1 is 1.41 bits per heavy atom. The van der Waals surface area contributed by atoms with Crippen molar-refractivity contribution < 1.29 is 14.7 Å². The van der Waals surface area contributed by atoms with Crippen LogP contribution in [0.15, 0.2) is 29.3 Å². The Balaban J connectivity index is 2.39. The van der Waals surface area contributed by atoms with Crippen LogP contribution in [0.5, 0.6) is 0 Å². The Labute approximate surface area is 126 Å². The van der Waals surface area contributed by atoms with Gasteiger partial charge in [0.25, 0.3) is 11.5 Å². The molecular weight excluding hydrogens is 286 g/mol. The summed E-state index contributed by atoms with van der Waals surface area (Å²) in [6, 6.07) is 3.50. The van der Waals surface area contributed by atoms with Crippen molar-refractivity contribution in [2.45, 2.75) is 20.3 Å². The third-order valence-electron chi connectivity index (χ3n) is 3.36. The van der Waals surface area contributed by atoms with Crippen LogP contribution in [0.1, 0.15) is 29.3 Å². The molecule has 1 N–H and O–H groups in total. The van der Waals surface area contributed by atoms with E-state index in [1.807, 2.05) is 6.92 Å². The molecule has 0 fully saturated rings. The maximum absolute atomic E-state index is 12.4. The first kappa shape index (κ1) is 15.7. The van der Waals surface area contributed by atoms with Gasteiger partial charge in [0.15, 0.2) is 0 Å². The van der Waals surface area contributed by atoms with E-state index in [1.54, 1.807) is 25.3 Å². The number of pyridine rings is 1. The number of hydrogen-bond acceptors (Lipinski definition) is 4. The van der Waals surface area contributed by atoms with Crippen molar-refractivity contribution in [3.05, 3.63) is 46.0 Å². The van der Waals surface area contributed by atoms with E-state index < -0.39 is 17.4 Å². The lowest BCUT2D eigenvalue weighted by molar-refractivity contribution is -0.137. The van der Waals surface area contributed by atoms with E-state index in [0.29, 0.717) is 12.2 Å². The van der Waals surface area contributed by atoms with Crippen LogP contribution in [0.3, 0.4) is 0 Å². The molecule has 0 radical (unpaired) electrons. The number of amides is 1. The number of aromatic nitrogens is 2.